The van der Waals surface area contributed by atoms with E-state index in [4.69, 9.17) is 4.74 Å². The van der Waals surface area contributed by atoms with Crippen LogP contribution in [0.3, 0.4) is 0 Å². The van der Waals surface area contributed by atoms with E-state index in [1.807, 2.05) is 13.0 Å². The van der Waals surface area contributed by atoms with E-state index in [1.165, 1.54) is 0 Å². The lowest BCUT2D eigenvalue weighted by atomic mass is 9.99. The van der Waals surface area contributed by atoms with Gasteiger partial charge in [0.25, 0.3) is 0 Å². The highest BCUT2D eigenvalue weighted by atomic mass is 16.5. The zero-order chi connectivity index (χ0) is 15.8. The summed E-state index contributed by atoms with van der Waals surface area (Å²) in [6.45, 7) is 4.74. The molecule has 2 aromatic carbocycles. The molecular formula is C18H19N3O2. The number of benzene rings is 2. The van der Waals surface area contributed by atoms with Crippen molar-refractivity contribution in [2.24, 2.45) is 5.92 Å². The highest BCUT2D eigenvalue weighted by Crippen LogP contribution is 2.34. The summed E-state index contributed by atoms with van der Waals surface area (Å²) in [6.07, 6.45) is 1.80. The van der Waals surface area contributed by atoms with Crippen molar-refractivity contribution in [3.05, 3.63) is 42.1 Å². The van der Waals surface area contributed by atoms with Crippen LogP contribution in [-0.4, -0.2) is 35.0 Å². The third-order valence-electron chi connectivity index (χ3n) is 4.38. The first-order valence-electron chi connectivity index (χ1n) is 7.81. The fourth-order valence-corrected chi connectivity index (χ4v) is 2.94. The number of aromatic amines is 1. The Kier molecular flexibility index (Phi) is 3.42. The smallest absolute Gasteiger partial charge is 0.130 e. The molecule has 0 unspecified atom stereocenters. The summed E-state index contributed by atoms with van der Waals surface area (Å²) in [5.41, 5.74) is 4.12. The predicted molar refractivity (Wildman–Crippen MR) is 89.8 cm³/mol. The topological polar surface area (TPSA) is 70.2 Å². The number of aromatic hydroxyl groups is 1. The van der Waals surface area contributed by atoms with Gasteiger partial charge in [-0.1, -0.05) is 6.07 Å². The van der Waals surface area contributed by atoms with Crippen LogP contribution in [0.2, 0.25) is 0 Å². The van der Waals surface area contributed by atoms with Crippen LogP contribution in [0, 0.1) is 12.8 Å². The van der Waals surface area contributed by atoms with E-state index in [-0.39, 0.29) is 5.75 Å². The van der Waals surface area contributed by atoms with E-state index in [0.29, 0.717) is 12.5 Å². The molecule has 0 bridgehead atoms. The lowest BCUT2D eigenvalue weighted by Gasteiger charge is -2.27. The minimum atomic E-state index is 0.280. The molecule has 0 atom stereocenters. The Morgan fingerprint density at radius 2 is 2.13 bits per heavy atom. The molecule has 3 aromatic rings. The standard InChI is InChI=1S/C18H19N3O2/c1-11-4-14(22)2-3-15(11)13-5-17-16(9-20-21-17)18(6-13)23-10-12-7-19-8-12/h2-6,9,12,19,22H,7-8,10H2,1H3,(H,20,21). The first kappa shape index (κ1) is 14.1. The van der Waals surface area contributed by atoms with Crippen molar-refractivity contribution in [3.63, 3.8) is 0 Å². The Morgan fingerprint density at radius 1 is 1.26 bits per heavy atom. The summed E-state index contributed by atoms with van der Waals surface area (Å²) in [5, 5.41) is 21.0. The number of H-pyrrole nitrogens is 1. The lowest BCUT2D eigenvalue weighted by molar-refractivity contribution is 0.201. The Morgan fingerprint density at radius 3 is 2.87 bits per heavy atom. The summed E-state index contributed by atoms with van der Waals surface area (Å²) >= 11 is 0. The van der Waals surface area contributed by atoms with Gasteiger partial charge < -0.3 is 15.2 Å². The monoisotopic (exact) mass is 309 g/mol. The molecule has 0 radical (unpaired) electrons. The quantitative estimate of drug-likeness (QED) is 0.693. The second kappa shape index (κ2) is 5.59. The highest BCUT2D eigenvalue weighted by Gasteiger charge is 2.18. The number of aromatic nitrogens is 2. The largest absolute Gasteiger partial charge is 0.508 e. The molecule has 5 heteroatoms. The molecule has 0 spiro atoms. The summed E-state index contributed by atoms with van der Waals surface area (Å²) in [7, 11) is 0. The van der Waals surface area contributed by atoms with Crippen molar-refractivity contribution in [2.45, 2.75) is 6.92 Å². The van der Waals surface area contributed by atoms with Crippen molar-refractivity contribution in [1.82, 2.24) is 15.5 Å². The number of phenolic OH excluding ortho intramolecular Hbond substituents is 1. The minimum Gasteiger partial charge on any atom is -0.508 e. The number of rotatable bonds is 4. The molecule has 0 amide bonds. The van der Waals surface area contributed by atoms with E-state index in [9.17, 15) is 5.11 Å². The average Bonchev–Trinajstić information content (AvgIpc) is 2.94. The summed E-state index contributed by atoms with van der Waals surface area (Å²) in [6, 6.07) is 9.54. The molecule has 0 aliphatic carbocycles. The molecule has 1 aliphatic rings. The molecular weight excluding hydrogens is 290 g/mol. The second-order valence-corrected chi connectivity index (χ2v) is 6.14. The van der Waals surface area contributed by atoms with Crippen LogP contribution in [0.15, 0.2) is 36.5 Å². The maximum absolute atomic E-state index is 9.61. The maximum atomic E-state index is 9.61. The number of hydrogen-bond donors (Lipinski definition) is 3. The van der Waals surface area contributed by atoms with Crippen LogP contribution in [-0.2, 0) is 0 Å². The van der Waals surface area contributed by atoms with E-state index in [0.717, 1.165) is 46.4 Å². The number of aryl methyl sites for hydroxylation is 1. The number of ether oxygens (including phenoxy) is 1. The number of hydrogen-bond acceptors (Lipinski definition) is 4. The molecule has 2 heterocycles. The Labute approximate surface area is 134 Å². The molecule has 1 aliphatic heterocycles. The molecule has 3 N–H and O–H groups in total. The van der Waals surface area contributed by atoms with Crippen LogP contribution < -0.4 is 10.1 Å². The zero-order valence-corrected chi connectivity index (χ0v) is 13.0. The molecule has 5 nitrogen and oxygen atoms in total. The van der Waals surface area contributed by atoms with Crippen molar-refractivity contribution < 1.29 is 9.84 Å². The highest BCUT2D eigenvalue weighted by molar-refractivity contribution is 5.90. The summed E-state index contributed by atoms with van der Waals surface area (Å²) in [4.78, 5) is 0. The molecule has 1 fully saturated rings. The van der Waals surface area contributed by atoms with Crippen molar-refractivity contribution in [3.8, 4) is 22.6 Å². The molecule has 118 valence electrons. The fraction of sp³-hybridized carbons (Fsp3) is 0.278. The Hall–Kier alpha value is -2.53. The number of nitrogens with zero attached hydrogens (tertiary/aromatic N) is 1. The van der Waals surface area contributed by atoms with Gasteiger partial charge in [-0.2, -0.15) is 5.10 Å². The van der Waals surface area contributed by atoms with Gasteiger partial charge in [-0.3, -0.25) is 5.10 Å². The van der Waals surface area contributed by atoms with Gasteiger partial charge in [0, 0.05) is 19.0 Å². The third kappa shape index (κ3) is 2.64. The van der Waals surface area contributed by atoms with Crippen molar-refractivity contribution in [1.29, 1.82) is 0 Å². The number of nitrogens with one attached hydrogen (secondary N) is 2. The molecule has 1 aromatic heterocycles. The van der Waals surface area contributed by atoms with Gasteiger partial charge in [-0.05, 0) is 47.9 Å². The van der Waals surface area contributed by atoms with Gasteiger partial charge in [0.05, 0.1) is 23.7 Å². The van der Waals surface area contributed by atoms with Gasteiger partial charge in [0.2, 0.25) is 0 Å². The van der Waals surface area contributed by atoms with Gasteiger partial charge in [0.1, 0.15) is 11.5 Å². The molecule has 4 rings (SSSR count). The van der Waals surface area contributed by atoms with Crippen molar-refractivity contribution in [2.75, 3.05) is 19.7 Å². The van der Waals surface area contributed by atoms with E-state index < -0.39 is 0 Å². The first-order valence-corrected chi connectivity index (χ1v) is 7.81. The zero-order valence-electron chi connectivity index (χ0n) is 13.0. The van der Waals surface area contributed by atoms with Gasteiger partial charge in [-0.15, -0.1) is 0 Å². The fourth-order valence-electron chi connectivity index (χ4n) is 2.94. The van der Waals surface area contributed by atoms with E-state index in [1.54, 1.807) is 18.3 Å². The molecule has 0 saturated carbocycles. The van der Waals surface area contributed by atoms with E-state index in [2.05, 4.69) is 27.6 Å². The van der Waals surface area contributed by atoms with E-state index >= 15 is 0 Å². The molecule has 23 heavy (non-hydrogen) atoms. The summed E-state index contributed by atoms with van der Waals surface area (Å²) < 4.78 is 6.06. The van der Waals surface area contributed by atoms with Gasteiger partial charge in [-0.25, -0.2) is 0 Å². The average molecular weight is 309 g/mol. The Balaban J connectivity index is 1.74. The van der Waals surface area contributed by atoms with Crippen LogP contribution >= 0.6 is 0 Å². The number of phenols is 1. The maximum Gasteiger partial charge on any atom is 0.130 e. The van der Waals surface area contributed by atoms with Gasteiger partial charge in [0.15, 0.2) is 0 Å². The second-order valence-electron chi connectivity index (χ2n) is 6.14. The van der Waals surface area contributed by atoms with Crippen LogP contribution in [0.25, 0.3) is 22.0 Å². The SMILES string of the molecule is Cc1cc(O)ccc1-c1cc(OCC2CNC2)c2cn[nH]c2c1. The van der Waals surface area contributed by atoms with Crippen molar-refractivity contribution >= 4 is 10.9 Å². The van der Waals surface area contributed by atoms with Crippen LogP contribution in [0.1, 0.15) is 5.56 Å². The van der Waals surface area contributed by atoms with Crippen LogP contribution in [0.5, 0.6) is 11.5 Å². The van der Waals surface area contributed by atoms with Gasteiger partial charge >= 0.3 is 0 Å². The summed E-state index contributed by atoms with van der Waals surface area (Å²) in [5.74, 6) is 1.71. The number of fused-ring (bicyclic) bond motifs is 1. The minimum absolute atomic E-state index is 0.280. The lowest BCUT2D eigenvalue weighted by Crippen LogP contribution is -2.45. The first-order chi connectivity index (χ1) is 11.2. The predicted octanol–water partition coefficient (Wildman–Crippen LogP) is 2.84. The Bertz CT molecular complexity index is 853. The third-order valence-corrected chi connectivity index (χ3v) is 4.38. The normalized spacial score (nSPS) is 14.8. The van der Waals surface area contributed by atoms with Crippen LogP contribution in [0.4, 0.5) is 0 Å². The molecule has 1 saturated heterocycles.